The molecule has 0 radical (unpaired) electrons. The minimum atomic E-state index is -3.26. The highest BCUT2D eigenvalue weighted by Gasteiger charge is 2.33. The quantitative estimate of drug-likeness (QED) is 0.161. The summed E-state index contributed by atoms with van der Waals surface area (Å²) < 4.78 is 18.2. The number of aromatic nitrogens is 1. The number of rotatable bonds is 4. The maximum Gasteiger partial charge on any atom is 0.171 e. The summed E-state index contributed by atoms with van der Waals surface area (Å²) >= 11 is 0. The molecular weight excluding hydrogens is 517 g/mol. The fourth-order valence-electron chi connectivity index (χ4n) is 6.51. The second kappa shape index (κ2) is 9.34. The maximum absolute atomic E-state index is 15.8. The van der Waals surface area contributed by atoms with Gasteiger partial charge in [0.15, 0.2) is 7.14 Å². The van der Waals surface area contributed by atoms with E-state index in [1.807, 2.05) is 60.7 Å². The molecule has 0 spiro atoms. The van der Waals surface area contributed by atoms with E-state index in [1.165, 1.54) is 21.5 Å². The van der Waals surface area contributed by atoms with Gasteiger partial charge >= 0.3 is 0 Å². The Morgan fingerprint density at radius 3 is 1.51 bits per heavy atom. The summed E-state index contributed by atoms with van der Waals surface area (Å²) in [6.07, 6.45) is 0. The number of fused-ring (bicyclic) bond motifs is 8. The van der Waals surface area contributed by atoms with Crippen molar-refractivity contribution in [1.82, 2.24) is 4.57 Å². The minimum absolute atomic E-state index is 0.837. The highest BCUT2D eigenvalue weighted by molar-refractivity contribution is 7.85. The molecule has 0 saturated heterocycles. The third-order valence-corrected chi connectivity index (χ3v) is 11.3. The highest BCUT2D eigenvalue weighted by Crippen LogP contribution is 2.49. The second-order valence-electron chi connectivity index (χ2n) is 10.4. The lowest BCUT2D eigenvalue weighted by Gasteiger charge is -2.21. The smallest absolute Gasteiger partial charge is 0.171 e. The van der Waals surface area contributed by atoms with Crippen LogP contribution in [0.25, 0.3) is 49.0 Å². The molecule has 8 rings (SSSR count). The molecule has 0 aliphatic heterocycles. The van der Waals surface area contributed by atoms with Gasteiger partial charge in [0.25, 0.3) is 0 Å². The molecule has 3 heteroatoms. The molecule has 0 fully saturated rings. The first-order valence-electron chi connectivity index (χ1n) is 13.9. The van der Waals surface area contributed by atoms with Crippen LogP contribution in [0.2, 0.25) is 0 Å². The Balaban J connectivity index is 1.67. The largest absolute Gasteiger partial charge is 0.309 e. The highest BCUT2D eigenvalue weighted by atomic mass is 31.2. The van der Waals surface area contributed by atoms with Gasteiger partial charge in [0.1, 0.15) is 0 Å². The first-order valence-corrected chi connectivity index (χ1v) is 15.6. The summed E-state index contributed by atoms with van der Waals surface area (Å²) in [7, 11) is -3.26. The van der Waals surface area contributed by atoms with E-state index in [0.29, 0.717) is 0 Å². The lowest BCUT2D eigenvalue weighted by atomic mass is 9.97. The first-order chi connectivity index (χ1) is 20.3. The lowest BCUT2D eigenvalue weighted by Crippen LogP contribution is -2.25. The van der Waals surface area contributed by atoms with Crippen LogP contribution in [-0.2, 0) is 4.57 Å². The van der Waals surface area contributed by atoms with Crippen molar-refractivity contribution in [2.75, 3.05) is 0 Å². The van der Waals surface area contributed by atoms with Crippen LogP contribution in [0.5, 0.6) is 0 Å². The van der Waals surface area contributed by atoms with E-state index in [1.54, 1.807) is 0 Å². The summed E-state index contributed by atoms with van der Waals surface area (Å²) in [5, 5.41) is 9.49. The summed E-state index contributed by atoms with van der Waals surface area (Å²) in [5.41, 5.74) is 3.28. The Morgan fingerprint density at radius 1 is 0.415 bits per heavy atom. The van der Waals surface area contributed by atoms with E-state index in [4.69, 9.17) is 0 Å². The van der Waals surface area contributed by atoms with Crippen molar-refractivity contribution in [3.05, 3.63) is 158 Å². The predicted octanol–water partition coefficient (Wildman–Crippen LogP) is 8.73. The summed E-state index contributed by atoms with van der Waals surface area (Å²) in [5.74, 6) is 0. The van der Waals surface area contributed by atoms with Crippen LogP contribution in [0, 0.1) is 0 Å². The molecule has 0 amide bonds. The van der Waals surface area contributed by atoms with Gasteiger partial charge < -0.3 is 9.13 Å². The molecule has 8 aromatic rings. The molecule has 0 saturated carbocycles. The van der Waals surface area contributed by atoms with Crippen LogP contribution in [-0.4, -0.2) is 4.57 Å². The van der Waals surface area contributed by atoms with Crippen molar-refractivity contribution in [2.24, 2.45) is 0 Å². The van der Waals surface area contributed by atoms with Gasteiger partial charge in [-0.25, -0.2) is 0 Å². The molecular formula is C38H26NOP. The molecule has 1 aromatic heterocycles. The standard InChI is InChI=1S/C38H26NOP/c40-41(28-17-6-2-7-18-28,29-19-8-3-9-20-29)35-26-14-25-34-37(35)36-32-23-12-10-21-30(32)31-22-11-13-24-33(31)38(36)39(34)27-15-4-1-5-16-27/h1-26H. The predicted molar refractivity (Wildman–Crippen MR) is 175 cm³/mol. The van der Waals surface area contributed by atoms with Gasteiger partial charge in [-0.1, -0.05) is 140 Å². The van der Waals surface area contributed by atoms with E-state index in [9.17, 15) is 0 Å². The minimum Gasteiger partial charge on any atom is -0.309 e. The zero-order chi connectivity index (χ0) is 27.4. The lowest BCUT2D eigenvalue weighted by molar-refractivity contribution is 0.592. The molecule has 0 unspecified atom stereocenters. The number of nitrogens with zero attached hydrogens (tertiary/aromatic N) is 1. The van der Waals surface area contributed by atoms with Crippen molar-refractivity contribution in [1.29, 1.82) is 0 Å². The number of benzene rings is 7. The van der Waals surface area contributed by atoms with Crippen molar-refractivity contribution < 1.29 is 4.57 Å². The Kier molecular flexibility index (Phi) is 5.45. The van der Waals surface area contributed by atoms with E-state index in [2.05, 4.69) is 102 Å². The zero-order valence-corrected chi connectivity index (χ0v) is 23.2. The Hall–Kier alpha value is -4.91. The monoisotopic (exact) mass is 543 g/mol. The number of para-hydroxylation sites is 1. The normalized spacial score (nSPS) is 12.0. The molecule has 41 heavy (non-hydrogen) atoms. The average Bonchev–Trinajstić information content (AvgIpc) is 3.42. The summed E-state index contributed by atoms with van der Waals surface area (Å²) in [6, 6.07) is 54.1. The molecule has 0 atom stereocenters. The second-order valence-corrected chi connectivity index (χ2v) is 13.2. The van der Waals surface area contributed by atoms with Gasteiger partial charge in [-0.3, -0.25) is 0 Å². The summed E-state index contributed by atoms with van der Waals surface area (Å²) in [6.45, 7) is 0. The van der Waals surface area contributed by atoms with Crippen LogP contribution in [0.15, 0.2) is 158 Å². The van der Waals surface area contributed by atoms with Gasteiger partial charge in [-0.05, 0) is 34.4 Å². The topological polar surface area (TPSA) is 22.0 Å². The fraction of sp³-hybridized carbons (Fsp3) is 0. The zero-order valence-electron chi connectivity index (χ0n) is 22.3. The SMILES string of the molecule is O=P(c1ccccc1)(c1ccccc1)c1cccc2c1c1c3ccccc3c3ccccc3c1n2-c1ccccc1. The third kappa shape index (κ3) is 3.48. The first kappa shape index (κ1) is 23.9. The number of hydrogen-bond acceptors (Lipinski definition) is 1. The Bertz CT molecular complexity index is 2230. The molecule has 0 bridgehead atoms. The van der Waals surface area contributed by atoms with Crippen LogP contribution in [0.4, 0.5) is 0 Å². The molecule has 1 heterocycles. The number of hydrogen-bond donors (Lipinski definition) is 0. The fourth-order valence-corrected chi connectivity index (χ4v) is 9.39. The van der Waals surface area contributed by atoms with Gasteiger partial charge in [-0.15, -0.1) is 0 Å². The molecule has 0 aliphatic carbocycles. The van der Waals surface area contributed by atoms with E-state index < -0.39 is 7.14 Å². The molecule has 2 nitrogen and oxygen atoms in total. The van der Waals surface area contributed by atoms with E-state index >= 15 is 4.57 Å². The third-order valence-electron chi connectivity index (χ3n) is 8.23. The summed E-state index contributed by atoms with van der Waals surface area (Å²) in [4.78, 5) is 0. The Labute approximate surface area is 238 Å². The van der Waals surface area contributed by atoms with E-state index in [-0.39, 0.29) is 0 Å². The van der Waals surface area contributed by atoms with Crippen molar-refractivity contribution in [3.63, 3.8) is 0 Å². The van der Waals surface area contributed by atoms with Crippen molar-refractivity contribution >= 4 is 66.4 Å². The van der Waals surface area contributed by atoms with Crippen molar-refractivity contribution in [2.45, 2.75) is 0 Å². The molecule has 7 aromatic carbocycles. The van der Waals surface area contributed by atoms with Crippen LogP contribution in [0.1, 0.15) is 0 Å². The van der Waals surface area contributed by atoms with E-state index in [0.717, 1.165) is 43.4 Å². The van der Waals surface area contributed by atoms with Gasteiger partial charge in [0.05, 0.1) is 11.0 Å². The molecule has 0 aliphatic rings. The van der Waals surface area contributed by atoms with Crippen LogP contribution >= 0.6 is 7.14 Å². The van der Waals surface area contributed by atoms with Crippen molar-refractivity contribution in [3.8, 4) is 5.69 Å². The van der Waals surface area contributed by atoms with Crippen LogP contribution in [0.3, 0.4) is 0 Å². The van der Waals surface area contributed by atoms with Gasteiger partial charge in [0.2, 0.25) is 0 Å². The average molecular weight is 544 g/mol. The van der Waals surface area contributed by atoms with Crippen LogP contribution < -0.4 is 15.9 Å². The van der Waals surface area contributed by atoms with Gasteiger partial charge in [-0.2, -0.15) is 0 Å². The molecule has 0 N–H and O–H groups in total. The Morgan fingerprint density at radius 2 is 0.902 bits per heavy atom. The maximum atomic E-state index is 15.8. The molecule has 194 valence electrons. The van der Waals surface area contributed by atoms with Gasteiger partial charge in [0, 0.05) is 37.8 Å².